The van der Waals surface area contributed by atoms with Crippen molar-refractivity contribution < 1.29 is 9.72 Å². The number of carbonyl (C=O) groups is 1. The zero-order valence-electron chi connectivity index (χ0n) is 19.9. The van der Waals surface area contributed by atoms with Gasteiger partial charge >= 0.3 is 5.82 Å². The molecule has 3 heterocycles. The first kappa shape index (κ1) is 23.1. The van der Waals surface area contributed by atoms with Gasteiger partial charge in [-0.2, -0.15) is 9.24 Å². The first-order chi connectivity index (χ1) is 17.8. The first-order valence-electron chi connectivity index (χ1n) is 11.7. The Bertz CT molecular complexity index is 1780. The van der Waals surface area contributed by atoms with Crippen LogP contribution in [0.1, 0.15) is 34.6 Å². The Kier molecular flexibility index (Phi) is 5.23. The van der Waals surface area contributed by atoms with Gasteiger partial charge in [-0.25, -0.2) is 9.99 Å². The predicted octanol–water partition coefficient (Wildman–Crippen LogP) is 4.84. The number of nitrogens with zero attached hydrogens (tertiary/aromatic N) is 5. The van der Waals surface area contributed by atoms with Gasteiger partial charge < -0.3 is 10.1 Å². The number of halogens is 1. The second-order valence-electron chi connectivity index (χ2n) is 9.07. The summed E-state index contributed by atoms with van der Waals surface area (Å²) in [6.45, 7) is 3.53. The van der Waals surface area contributed by atoms with Gasteiger partial charge in [-0.3, -0.25) is 9.59 Å². The molecule has 2 aliphatic rings. The van der Waals surface area contributed by atoms with Crippen molar-refractivity contribution in [1.29, 1.82) is 0 Å². The quantitative estimate of drug-likeness (QED) is 0.265. The Morgan fingerprint density at radius 2 is 1.84 bits per heavy atom. The lowest BCUT2D eigenvalue weighted by atomic mass is 9.96. The van der Waals surface area contributed by atoms with Crippen molar-refractivity contribution >= 4 is 49.8 Å². The molecule has 0 saturated heterocycles. The molecule has 184 valence electrons. The molecule has 1 amide bonds. The van der Waals surface area contributed by atoms with Crippen molar-refractivity contribution in [3.63, 3.8) is 0 Å². The fraction of sp³-hybridized carbons (Fsp3) is 0.148. The molecule has 0 N–H and O–H groups in total. The molecule has 0 saturated carbocycles. The summed E-state index contributed by atoms with van der Waals surface area (Å²) in [5.74, 6) is -0.293. The highest BCUT2D eigenvalue weighted by Gasteiger charge is 2.39. The molecule has 2 aromatic carbocycles. The number of allylic oxidation sites excluding steroid dienone is 1. The normalized spacial score (nSPS) is 14.8. The molecule has 0 fully saturated rings. The van der Waals surface area contributed by atoms with E-state index in [-0.39, 0.29) is 5.82 Å². The molecule has 4 aromatic rings. The highest BCUT2D eigenvalue weighted by Crippen LogP contribution is 2.40. The van der Waals surface area contributed by atoms with Crippen LogP contribution < -0.4 is 10.6 Å². The van der Waals surface area contributed by atoms with Gasteiger partial charge in [0.25, 0.3) is 11.5 Å². The number of hydrogen-bond acceptors (Lipinski definition) is 5. The SMILES string of the molecule is Cc1cc(Br)c2nc(C)n(N3C=C(c4ccccc4)n4c([N+](=O)[O-])cc5c4C(=CCC5)C3=O)c(=O)c2c1. The standard InChI is InChI=1S/C27H20BrN5O4/c1-15-11-20-24(21(28)12-15)29-16(2)32(27(20)35)30-14-22(17-7-4-3-5-8-17)31-23(33(36)37)13-18-9-6-10-19(25(18)31)26(30)34/h3-5,7-8,10-14H,6,9H2,1-2H3. The minimum Gasteiger partial charge on any atom is -0.358 e. The smallest absolute Gasteiger partial charge is 0.329 e. The van der Waals surface area contributed by atoms with Crippen molar-refractivity contribution in [1.82, 2.24) is 14.2 Å². The first-order valence-corrected chi connectivity index (χ1v) is 12.5. The van der Waals surface area contributed by atoms with Crippen LogP contribution >= 0.6 is 15.9 Å². The molecule has 2 aromatic heterocycles. The third-order valence-corrected chi connectivity index (χ3v) is 7.29. The van der Waals surface area contributed by atoms with E-state index in [2.05, 4.69) is 20.9 Å². The molecular weight excluding hydrogens is 538 g/mol. The molecule has 37 heavy (non-hydrogen) atoms. The van der Waals surface area contributed by atoms with Crippen LogP contribution in [0.2, 0.25) is 0 Å². The van der Waals surface area contributed by atoms with Crippen molar-refractivity contribution in [2.24, 2.45) is 0 Å². The minimum absolute atomic E-state index is 0.136. The maximum absolute atomic E-state index is 14.1. The number of fused-ring (bicyclic) bond motifs is 1. The van der Waals surface area contributed by atoms with Crippen molar-refractivity contribution in [3.8, 4) is 0 Å². The fourth-order valence-corrected chi connectivity index (χ4v) is 5.78. The maximum atomic E-state index is 14.1. The number of hydrogen-bond donors (Lipinski definition) is 0. The van der Waals surface area contributed by atoms with E-state index < -0.39 is 16.4 Å². The van der Waals surface area contributed by atoms with E-state index in [4.69, 9.17) is 0 Å². The van der Waals surface area contributed by atoms with Crippen LogP contribution in [-0.4, -0.2) is 25.1 Å². The van der Waals surface area contributed by atoms with Crippen molar-refractivity contribution in [2.45, 2.75) is 26.7 Å². The summed E-state index contributed by atoms with van der Waals surface area (Å²) >= 11 is 3.49. The van der Waals surface area contributed by atoms with E-state index >= 15 is 0 Å². The maximum Gasteiger partial charge on any atom is 0.329 e. The largest absolute Gasteiger partial charge is 0.358 e. The van der Waals surface area contributed by atoms with Gasteiger partial charge in [-0.15, -0.1) is 0 Å². The molecule has 9 nitrogen and oxygen atoms in total. The van der Waals surface area contributed by atoms with Crippen LogP contribution in [0.5, 0.6) is 0 Å². The zero-order valence-corrected chi connectivity index (χ0v) is 21.5. The van der Waals surface area contributed by atoms with Gasteiger partial charge in [-0.05, 0) is 65.2 Å². The van der Waals surface area contributed by atoms with Gasteiger partial charge in [0.05, 0.1) is 22.7 Å². The Balaban J connectivity index is 1.71. The van der Waals surface area contributed by atoms with Crippen LogP contribution in [0.15, 0.2) is 70.1 Å². The fourth-order valence-electron chi connectivity index (χ4n) is 5.12. The second-order valence-corrected chi connectivity index (χ2v) is 9.93. The highest BCUT2D eigenvalue weighted by atomic mass is 79.9. The molecular formula is C27H20BrN5O4. The van der Waals surface area contributed by atoms with Gasteiger partial charge in [0, 0.05) is 21.7 Å². The summed E-state index contributed by atoms with van der Waals surface area (Å²) < 4.78 is 3.44. The molecule has 0 spiro atoms. The van der Waals surface area contributed by atoms with E-state index in [1.807, 2.05) is 43.3 Å². The molecule has 1 aliphatic heterocycles. The lowest BCUT2D eigenvalue weighted by Gasteiger charge is -2.23. The van der Waals surface area contributed by atoms with Crippen LogP contribution in [0.25, 0.3) is 22.2 Å². The lowest BCUT2D eigenvalue weighted by molar-refractivity contribution is -0.390. The predicted molar refractivity (Wildman–Crippen MR) is 144 cm³/mol. The van der Waals surface area contributed by atoms with Gasteiger partial charge in [0.1, 0.15) is 11.5 Å². The second kappa shape index (κ2) is 8.38. The zero-order chi connectivity index (χ0) is 26.0. The number of benzene rings is 2. The molecule has 0 bridgehead atoms. The van der Waals surface area contributed by atoms with E-state index in [1.165, 1.54) is 26.5 Å². The van der Waals surface area contributed by atoms with Gasteiger partial charge in [-0.1, -0.05) is 36.4 Å². The van der Waals surface area contributed by atoms with Crippen molar-refractivity contribution in [3.05, 3.63) is 114 Å². The summed E-state index contributed by atoms with van der Waals surface area (Å²) in [5, 5.41) is 13.7. The summed E-state index contributed by atoms with van der Waals surface area (Å²) in [6.07, 6.45) is 4.41. The molecule has 0 atom stereocenters. The summed E-state index contributed by atoms with van der Waals surface area (Å²) in [4.78, 5) is 44.3. The monoisotopic (exact) mass is 557 g/mol. The van der Waals surface area contributed by atoms with E-state index in [0.717, 1.165) is 11.1 Å². The third kappa shape index (κ3) is 3.47. The molecule has 1 aliphatic carbocycles. The topological polar surface area (TPSA) is 103 Å². The van der Waals surface area contributed by atoms with Crippen molar-refractivity contribution in [2.75, 3.05) is 5.01 Å². The van der Waals surface area contributed by atoms with E-state index in [0.29, 0.717) is 56.6 Å². The Morgan fingerprint density at radius 1 is 1.08 bits per heavy atom. The molecule has 0 unspecified atom stereocenters. The molecule has 10 heteroatoms. The number of carbonyl (C=O) groups excluding carboxylic acids is 1. The van der Waals surface area contributed by atoms with Gasteiger partial charge in [0.2, 0.25) is 0 Å². The third-order valence-electron chi connectivity index (χ3n) is 6.68. The summed E-state index contributed by atoms with van der Waals surface area (Å²) in [6, 6.07) is 14.3. The Morgan fingerprint density at radius 3 is 2.57 bits per heavy atom. The van der Waals surface area contributed by atoms with Crippen LogP contribution in [0.3, 0.4) is 0 Å². The average Bonchev–Trinajstić information content (AvgIpc) is 3.21. The molecule has 0 radical (unpaired) electrons. The average molecular weight is 558 g/mol. The Hall–Kier alpha value is -4.31. The minimum atomic E-state index is -0.459. The van der Waals surface area contributed by atoms with E-state index in [1.54, 1.807) is 19.1 Å². The number of aryl methyl sites for hydroxylation is 3. The Labute approximate surface area is 219 Å². The van der Waals surface area contributed by atoms with E-state index in [9.17, 15) is 19.7 Å². The molecule has 6 rings (SSSR count). The number of nitro groups is 1. The lowest BCUT2D eigenvalue weighted by Crippen LogP contribution is -2.44. The van der Waals surface area contributed by atoms with Crippen LogP contribution in [0, 0.1) is 24.0 Å². The number of amides is 1. The van der Waals surface area contributed by atoms with Crippen LogP contribution in [0.4, 0.5) is 5.82 Å². The van der Waals surface area contributed by atoms with Crippen LogP contribution in [-0.2, 0) is 11.2 Å². The highest BCUT2D eigenvalue weighted by molar-refractivity contribution is 9.10. The number of rotatable bonds is 3. The summed E-state index contributed by atoms with van der Waals surface area (Å²) in [5.41, 5.74) is 3.54. The number of aromatic nitrogens is 3. The summed E-state index contributed by atoms with van der Waals surface area (Å²) in [7, 11) is 0. The van der Waals surface area contributed by atoms with Gasteiger partial charge in [0.15, 0.2) is 5.70 Å².